The number of carbonyl (C=O) groups is 2. The van der Waals surface area contributed by atoms with E-state index in [0.29, 0.717) is 34.7 Å². The number of carboxylic acids is 1. The van der Waals surface area contributed by atoms with Crippen molar-refractivity contribution in [3.05, 3.63) is 105 Å². The topological polar surface area (TPSA) is 133 Å². The maximum absolute atomic E-state index is 13.1. The first-order valence-corrected chi connectivity index (χ1v) is 14.5. The Morgan fingerprint density at radius 1 is 1.07 bits per heavy atom. The molecule has 1 fully saturated rings. The van der Waals surface area contributed by atoms with Crippen molar-refractivity contribution in [1.82, 2.24) is 5.32 Å². The Labute approximate surface area is 250 Å². The van der Waals surface area contributed by atoms with E-state index in [2.05, 4.69) is 25.7 Å². The van der Waals surface area contributed by atoms with Gasteiger partial charge in [-0.15, -0.1) is 0 Å². The van der Waals surface area contributed by atoms with Gasteiger partial charge in [0.05, 0.1) is 41.3 Å². The summed E-state index contributed by atoms with van der Waals surface area (Å²) in [6, 6.07) is 0. The molecule has 9 heteroatoms. The van der Waals surface area contributed by atoms with Crippen LogP contribution in [0.3, 0.4) is 0 Å². The largest absolute Gasteiger partial charge is 0.510 e. The Balaban J connectivity index is 1.65. The summed E-state index contributed by atoms with van der Waals surface area (Å²) in [4.78, 5) is 39.7. The Bertz CT molecular complexity index is 1770. The average Bonchev–Trinajstić information content (AvgIpc) is 3.73. The van der Waals surface area contributed by atoms with Crippen LogP contribution >= 0.6 is 0 Å². The number of methoxy groups -OCH3 is 1. The molecule has 9 nitrogen and oxygen atoms in total. The molecule has 43 heavy (non-hydrogen) atoms. The second-order valence-electron chi connectivity index (χ2n) is 11.4. The first-order valence-electron chi connectivity index (χ1n) is 14.5. The van der Waals surface area contributed by atoms with Crippen molar-refractivity contribution in [1.29, 1.82) is 0 Å². The summed E-state index contributed by atoms with van der Waals surface area (Å²) in [5.41, 5.74) is 10.7. The Hall–Kier alpha value is -4.79. The van der Waals surface area contributed by atoms with Crippen molar-refractivity contribution >= 4 is 29.1 Å². The van der Waals surface area contributed by atoms with E-state index in [0.717, 1.165) is 57.2 Å². The Morgan fingerprint density at radius 2 is 1.79 bits per heavy atom. The fourth-order valence-corrected chi connectivity index (χ4v) is 6.77. The maximum atomic E-state index is 13.1. The van der Waals surface area contributed by atoms with E-state index in [1.54, 1.807) is 12.2 Å². The molecule has 3 atom stereocenters. The number of aliphatic carboxylic acids is 1. The van der Waals surface area contributed by atoms with Gasteiger partial charge in [-0.2, -0.15) is 0 Å². The van der Waals surface area contributed by atoms with E-state index in [1.165, 1.54) is 7.11 Å². The first kappa shape index (κ1) is 28.3. The normalized spacial score (nSPS) is 25.7. The molecule has 1 aliphatic carbocycles. The highest BCUT2D eigenvalue weighted by Gasteiger charge is 2.47. The molecule has 0 aromatic rings. The van der Waals surface area contributed by atoms with Crippen LogP contribution < -0.4 is 5.32 Å². The van der Waals surface area contributed by atoms with Gasteiger partial charge in [0.15, 0.2) is 0 Å². The summed E-state index contributed by atoms with van der Waals surface area (Å²) < 4.78 is 5.13. The number of hydrogen-bond donors (Lipinski definition) is 3. The lowest BCUT2D eigenvalue weighted by molar-refractivity contribution is -0.143. The zero-order valence-electron chi connectivity index (χ0n) is 24.9. The second-order valence-corrected chi connectivity index (χ2v) is 11.4. The molecule has 220 valence electrons. The molecule has 6 aliphatic rings. The van der Waals surface area contributed by atoms with Crippen LogP contribution in [0.2, 0.25) is 0 Å². The molecule has 1 saturated heterocycles. The molecule has 0 radical (unpaired) electrons. The third-order valence-electron chi connectivity index (χ3n) is 9.12. The zero-order valence-corrected chi connectivity index (χ0v) is 24.9. The summed E-state index contributed by atoms with van der Waals surface area (Å²) in [6.45, 7) is 12.2. The zero-order chi connectivity index (χ0) is 30.7. The number of aliphatic hydroxyl groups is 1. The molecule has 6 rings (SSSR count). The van der Waals surface area contributed by atoms with Crippen molar-refractivity contribution in [3.8, 4) is 0 Å². The van der Waals surface area contributed by atoms with Gasteiger partial charge in [0.25, 0.3) is 0 Å². The van der Waals surface area contributed by atoms with Gasteiger partial charge >= 0.3 is 11.9 Å². The highest BCUT2D eigenvalue weighted by Crippen LogP contribution is 2.47. The minimum Gasteiger partial charge on any atom is -0.510 e. The van der Waals surface area contributed by atoms with Crippen LogP contribution in [-0.2, 0) is 14.3 Å². The number of hydrogen-bond acceptors (Lipinski definition) is 8. The first-order chi connectivity index (χ1) is 20.6. The highest BCUT2D eigenvalue weighted by atomic mass is 16.5. The summed E-state index contributed by atoms with van der Waals surface area (Å²) in [6.07, 6.45) is 10.5. The van der Waals surface area contributed by atoms with Crippen LogP contribution in [0, 0.1) is 17.8 Å². The quantitative estimate of drug-likeness (QED) is 0.346. The number of aliphatic hydroxyl groups excluding tert-OH is 1. The van der Waals surface area contributed by atoms with Gasteiger partial charge in [0.2, 0.25) is 0 Å². The molecule has 3 N–H and O–H groups in total. The Morgan fingerprint density at radius 3 is 2.47 bits per heavy atom. The summed E-state index contributed by atoms with van der Waals surface area (Å²) in [5.74, 6) is -3.15. The number of nitrogens with one attached hydrogen (secondary N) is 1. The molecule has 8 bridgehead atoms. The van der Waals surface area contributed by atoms with Crippen LogP contribution in [0.4, 0.5) is 0 Å². The maximum Gasteiger partial charge on any atom is 0.321 e. The lowest BCUT2D eigenvalue weighted by Crippen LogP contribution is -2.25. The minimum absolute atomic E-state index is 0.0586. The average molecular weight is 579 g/mol. The van der Waals surface area contributed by atoms with E-state index in [4.69, 9.17) is 19.7 Å². The van der Waals surface area contributed by atoms with Crippen LogP contribution in [0.5, 0.6) is 0 Å². The lowest BCUT2D eigenvalue weighted by atomic mass is 9.84. The van der Waals surface area contributed by atoms with Crippen molar-refractivity contribution in [2.45, 2.75) is 47.0 Å². The molecule has 5 aliphatic heterocycles. The molecule has 0 aromatic heterocycles. The third-order valence-corrected chi connectivity index (χ3v) is 9.12. The number of fused-ring (bicyclic) bond motifs is 5. The van der Waals surface area contributed by atoms with Gasteiger partial charge < -0.3 is 20.3 Å². The van der Waals surface area contributed by atoms with Gasteiger partial charge in [-0.25, -0.2) is 15.0 Å². The van der Waals surface area contributed by atoms with Gasteiger partial charge in [0, 0.05) is 46.4 Å². The van der Waals surface area contributed by atoms with E-state index in [1.807, 2.05) is 32.1 Å². The number of aliphatic imine (C=N–C) groups is 3. The number of carbonyl (C=O) groups excluding carboxylic acids is 1. The number of nitrogens with zero attached hydrogens (tertiary/aromatic N) is 3. The lowest BCUT2D eigenvalue weighted by Gasteiger charge is -2.20. The molecular formula is C34H34N4O5. The fraction of sp³-hybridized carbons (Fsp3) is 0.324. The minimum atomic E-state index is -1.08. The summed E-state index contributed by atoms with van der Waals surface area (Å²) in [5, 5.41) is 24.5. The van der Waals surface area contributed by atoms with E-state index in [-0.39, 0.29) is 24.0 Å². The van der Waals surface area contributed by atoms with Crippen LogP contribution in [-0.4, -0.2) is 46.4 Å². The fourth-order valence-electron chi connectivity index (χ4n) is 6.77. The Kier molecular flexibility index (Phi) is 6.91. The molecule has 0 aromatic carbocycles. The molecule has 0 unspecified atom stereocenters. The summed E-state index contributed by atoms with van der Waals surface area (Å²) in [7, 11) is 1.28. The highest BCUT2D eigenvalue weighted by molar-refractivity contribution is 6.23. The SMILES string of the molecule is C=CC1=C(C)C2=NC1=CC1=NC(=CC3=CC4=C(O)[C@@H](C(=O)OC)C(=C5NC(=C2)[C@@H](C)[C@@H]5CCC(=O)O)C4=N3)C(CC)=C1C. The molecule has 0 amide bonds. The van der Waals surface area contributed by atoms with Gasteiger partial charge in [-0.1, -0.05) is 26.5 Å². The van der Waals surface area contributed by atoms with Gasteiger partial charge in [-0.05, 0) is 67.7 Å². The molecular weight excluding hydrogens is 544 g/mol. The van der Waals surface area contributed by atoms with Gasteiger partial charge in [-0.3, -0.25) is 9.59 Å². The van der Waals surface area contributed by atoms with Crippen LogP contribution in [0.25, 0.3) is 0 Å². The number of rotatable bonds is 6. The van der Waals surface area contributed by atoms with Crippen molar-refractivity contribution in [2.75, 3.05) is 7.11 Å². The van der Waals surface area contributed by atoms with Crippen LogP contribution in [0.1, 0.15) is 47.0 Å². The van der Waals surface area contributed by atoms with Crippen molar-refractivity contribution in [3.63, 3.8) is 0 Å². The van der Waals surface area contributed by atoms with E-state index >= 15 is 0 Å². The van der Waals surface area contributed by atoms with E-state index in [9.17, 15) is 19.8 Å². The van der Waals surface area contributed by atoms with Crippen LogP contribution in [0.15, 0.2) is 120 Å². The smallest absolute Gasteiger partial charge is 0.321 e. The number of ether oxygens (including phenoxy) is 1. The standard InChI is InChI=1S/C34H34N4O5/c1-7-19-15(3)24-14-27-20(8-2)16(4)23(37-27)13-25-17(5)21(9-10-28(39)40)31(38-25)29-30(34(42)43-6)33(41)22-11-18(35-32(22)29)12-26(19)36-24/h8,11-14,17,21,30,38,41H,2,7,9-10H2,1,3-6H3,(H,39,40)/t17-,21-,30-/m0/s1. The molecule has 0 spiro atoms. The molecule has 0 saturated carbocycles. The second kappa shape index (κ2) is 10.5. The monoisotopic (exact) mass is 578 g/mol. The van der Waals surface area contributed by atoms with Gasteiger partial charge in [0.1, 0.15) is 11.7 Å². The predicted molar refractivity (Wildman–Crippen MR) is 165 cm³/mol. The number of esters is 1. The number of allylic oxidation sites excluding steroid dienone is 11. The third kappa shape index (κ3) is 4.42. The summed E-state index contributed by atoms with van der Waals surface area (Å²) >= 11 is 0. The van der Waals surface area contributed by atoms with E-state index < -0.39 is 17.9 Å². The predicted octanol–water partition coefficient (Wildman–Crippen LogP) is 5.72. The molecule has 5 heterocycles. The number of carboxylic acid groups (broad SMARTS) is 1. The van der Waals surface area contributed by atoms with Crippen molar-refractivity contribution in [2.24, 2.45) is 32.7 Å². The van der Waals surface area contributed by atoms with Crippen molar-refractivity contribution < 1.29 is 24.5 Å².